The van der Waals surface area contributed by atoms with Crippen LogP contribution in [-0.4, -0.2) is 12.6 Å². The molecule has 0 bridgehead atoms. The fraction of sp³-hybridized carbons (Fsp3) is 0.625. The number of halogens is 1. The van der Waals surface area contributed by atoms with Gasteiger partial charge in [0, 0.05) is 24.2 Å². The zero-order chi connectivity index (χ0) is 13.0. The average Bonchev–Trinajstić information content (AvgIpc) is 2.42. The van der Waals surface area contributed by atoms with Crippen molar-refractivity contribution >= 4 is 17.3 Å². The Labute approximate surface area is 116 Å². The number of anilines is 1. The quantitative estimate of drug-likeness (QED) is 0.701. The Morgan fingerprint density at radius 1 is 1.22 bits per heavy atom. The Kier molecular flexibility index (Phi) is 4.94. The SMILES string of the molecule is CCN(c1ccc(CCl)cc1C)C1CCCCC1. The molecule has 0 unspecified atom stereocenters. The third-order valence-corrected chi connectivity index (χ3v) is 4.39. The van der Waals surface area contributed by atoms with Gasteiger partial charge in [0.05, 0.1) is 0 Å². The van der Waals surface area contributed by atoms with E-state index in [-0.39, 0.29) is 0 Å². The molecule has 0 radical (unpaired) electrons. The molecular formula is C16H24ClN. The summed E-state index contributed by atoms with van der Waals surface area (Å²) in [6.45, 7) is 5.58. The molecular weight excluding hydrogens is 242 g/mol. The molecule has 1 nitrogen and oxygen atoms in total. The monoisotopic (exact) mass is 265 g/mol. The molecule has 0 amide bonds. The highest BCUT2D eigenvalue weighted by Crippen LogP contribution is 2.30. The van der Waals surface area contributed by atoms with Crippen LogP contribution in [0.1, 0.15) is 50.2 Å². The number of aryl methyl sites for hydroxylation is 1. The van der Waals surface area contributed by atoms with Crippen molar-refractivity contribution in [1.82, 2.24) is 0 Å². The lowest BCUT2D eigenvalue weighted by atomic mass is 9.93. The normalized spacial score (nSPS) is 16.8. The number of hydrogen-bond acceptors (Lipinski definition) is 1. The number of nitrogens with zero attached hydrogens (tertiary/aromatic N) is 1. The zero-order valence-electron chi connectivity index (χ0n) is 11.6. The molecule has 1 aromatic carbocycles. The summed E-state index contributed by atoms with van der Waals surface area (Å²) in [6.07, 6.45) is 6.90. The van der Waals surface area contributed by atoms with Crippen molar-refractivity contribution in [2.75, 3.05) is 11.4 Å². The second-order valence-corrected chi connectivity index (χ2v) is 5.60. The van der Waals surface area contributed by atoms with E-state index in [2.05, 4.69) is 36.9 Å². The molecule has 100 valence electrons. The number of alkyl halides is 1. The molecule has 1 saturated carbocycles. The van der Waals surface area contributed by atoms with Crippen LogP contribution in [0.15, 0.2) is 18.2 Å². The molecule has 1 fully saturated rings. The van der Waals surface area contributed by atoms with Crippen LogP contribution in [0.4, 0.5) is 5.69 Å². The number of rotatable bonds is 4. The lowest BCUT2D eigenvalue weighted by Crippen LogP contribution is -2.37. The van der Waals surface area contributed by atoms with Crippen molar-refractivity contribution in [3.63, 3.8) is 0 Å². The molecule has 0 spiro atoms. The summed E-state index contributed by atoms with van der Waals surface area (Å²) in [5, 5.41) is 0. The van der Waals surface area contributed by atoms with Gasteiger partial charge < -0.3 is 4.90 Å². The fourth-order valence-corrected chi connectivity index (χ4v) is 3.31. The van der Waals surface area contributed by atoms with E-state index in [4.69, 9.17) is 11.6 Å². The Morgan fingerprint density at radius 2 is 1.94 bits per heavy atom. The van der Waals surface area contributed by atoms with Crippen molar-refractivity contribution in [3.05, 3.63) is 29.3 Å². The minimum absolute atomic E-state index is 0.608. The molecule has 0 heterocycles. The molecule has 18 heavy (non-hydrogen) atoms. The molecule has 2 heteroatoms. The van der Waals surface area contributed by atoms with Gasteiger partial charge in [-0.15, -0.1) is 11.6 Å². The van der Waals surface area contributed by atoms with E-state index in [1.165, 1.54) is 48.9 Å². The van der Waals surface area contributed by atoms with Crippen molar-refractivity contribution in [2.24, 2.45) is 0 Å². The first-order valence-corrected chi connectivity index (χ1v) is 7.72. The molecule has 0 N–H and O–H groups in total. The van der Waals surface area contributed by atoms with Gasteiger partial charge in [-0.1, -0.05) is 31.4 Å². The van der Waals surface area contributed by atoms with E-state index in [1.54, 1.807) is 0 Å². The largest absolute Gasteiger partial charge is 0.369 e. The van der Waals surface area contributed by atoms with Crippen molar-refractivity contribution in [3.8, 4) is 0 Å². The van der Waals surface area contributed by atoms with Crippen molar-refractivity contribution in [2.45, 2.75) is 57.9 Å². The molecule has 1 aliphatic rings. The van der Waals surface area contributed by atoms with Crippen LogP contribution in [0.25, 0.3) is 0 Å². The van der Waals surface area contributed by atoms with Gasteiger partial charge in [-0.2, -0.15) is 0 Å². The van der Waals surface area contributed by atoms with Gasteiger partial charge in [0.2, 0.25) is 0 Å². The van der Waals surface area contributed by atoms with Gasteiger partial charge in [0.15, 0.2) is 0 Å². The van der Waals surface area contributed by atoms with E-state index >= 15 is 0 Å². The van der Waals surface area contributed by atoms with Crippen LogP contribution in [0.3, 0.4) is 0 Å². The van der Waals surface area contributed by atoms with Gasteiger partial charge in [-0.05, 0) is 43.9 Å². The summed E-state index contributed by atoms with van der Waals surface area (Å²) in [7, 11) is 0. The van der Waals surface area contributed by atoms with Gasteiger partial charge in [-0.25, -0.2) is 0 Å². The molecule has 0 saturated heterocycles. The maximum Gasteiger partial charge on any atom is 0.0474 e. The van der Waals surface area contributed by atoms with Gasteiger partial charge in [-0.3, -0.25) is 0 Å². The highest BCUT2D eigenvalue weighted by Gasteiger charge is 2.21. The predicted molar refractivity (Wildman–Crippen MR) is 80.6 cm³/mol. The topological polar surface area (TPSA) is 3.24 Å². The highest BCUT2D eigenvalue weighted by molar-refractivity contribution is 6.17. The number of benzene rings is 1. The Hall–Kier alpha value is -0.690. The summed E-state index contributed by atoms with van der Waals surface area (Å²) >= 11 is 5.90. The Balaban J connectivity index is 2.20. The lowest BCUT2D eigenvalue weighted by molar-refractivity contribution is 0.418. The molecule has 0 aromatic heterocycles. The first kappa shape index (κ1) is 13.7. The molecule has 0 atom stereocenters. The predicted octanol–water partition coefficient (Wildman–Crippen LogP) is 4.89. The zero-order valence-corrected chi connectivity index (χ0v) is 12.3. The highest BCUT2D eigenvalue weighted by atomic mass is 35.5. The first-order valence-electron chi connectivity index (χ1n) is 7.18. The third-order valence-electron chi connectivity index (χ3n) is 4.08. The second kappa shape index (κ2) is 6.47. The van der Waals surface area contributed by atoms with Crippen molar-refractivity contribution < 1.29 is 0 Å². The Bertz CT molecular complexity index is 383. The first-order chi connectivity index (χ1) is 8.76. The fourth-order valence-electron chi connectivity index (χ4n) is 3.14. The van der Waals surface area contributed by atoms with Gasteiger partial charge in [0.1, 0.15) is 0 Å². The second-order valence-electron chi connectivity index (χ2n) is 5.33. The van der Waals surface area contributed by atoms with E-state index in [0.717, 1.165) is 12.6 Å². The summed E-state index contributed by atoms with van der Waals surface area (Å²) in [4.78, 5) is 2.59. The van der Waals surface area contributed by atoms with Crippen LogP contribution in [-0.2, 0) is 5.88 Å². The van der Waals surface area contributed by atoms with Gasteiger partial charge >= 0.3 is 0 Å². The van der Waals surface area contributed by atoms with Gasteiger partial charge in [0.25, 0.3) is 0 Å². The average molecular weight is 266 g/mol. The minimum atomic E-state index is 0.608. The summed E-state index contributed by atoms with van der Waals surface area (Å²) in [5.74, 6) is 0.608. The maximum absolute atomic E-state index is 5.90. The van der Waals surface area contributed by atoms with Crippen LogP contribution in [0, 0.1) is 6.92 Å². The summed E-state index contributed by atoms with van der Waals surface area (Å²) < 4.78 is 0. The minimum Gasteiger partial charge on any atom is -0.369 e. The smallest absolute Gasteiger partial charge is 0.0474 e. The van der Waals surface area contributed by atoms with E-state index in [1.807, 2.05) is 0 Å². The maximum atomic E-state index is 5.90. The lowest BCUT2D eigenvalue weighted by Gasteiger charge is -2.36. The third kappa shape index (κ3) is 3.00. The molecule has 0 aliphatic heterocycles. The van der Waals surface area contributed by atoms with E-state index < -0.39 is 0 Å². The molecule has 1 aromatic rings. The van der Waals surface area contributed by atoms with Crippen LogP contribution in [0.2, 0.25) is 0 Å². The van der Waals surface area contributed by atoms with E-state index in [9.17, 15) is 0 Å². The summed E-state index contributed by atoms with van der Waals surface area (Å²) in [6, 6.07) is 7.39. The standard InChI is InChI=1S/C16H24ClN/c1-3-18(15-7-5-4-6-8-15)16-10-9-14(12-17)11-13(16)2/h9-11,15H,3-8,12H2,1-2H3. The van der Waals surface area contributed by atoms with E-state index in [0.29, 0.717) is 5.88 Å². The van der Waals surface area contributed by atoms with Crippen molar-refractivity contribution in [1.29, 1.82) is 0 Å². The van der Waals surface area contributed by atoms with Crippen LogP contribution >= 0.6 is 11.6 Å². The Morgan fingerprint density at radius 3 is 2.50 bits per heavy atom. The van der Waals surface area contributed by atoms with Crippen LogP contribution in [0.5, 0.6) is 0 Å². The summed E-state index contributed by atoms with van der Waals surface area (Å²) in [5.41, 5.74) is 3.98. The molecule has 2 rings (SSSR count). The van der Waals surface area contributed by atoms with Crippen LogP contribution < -0.4 is 4.90 Å². The molecule has 1 aliphatic carbocycles. The number of hydrogen-bond donors (Lipinski definition) is 0.